The van der Waals surface area contributed by atoms with Crippen molar-refractivity contribution in [1.29, 1.82) is 0 Å². The zero-order valence-electron chi connectivity index (χ0n) is 11.6. The minimum Gasteiger partial charge on any atom is -0.351 e. The molecule has 5 nitrogen and oxygen atoms in total. The van der Waals surface area contributed by atoms with Crippen LogP contribution in [0, 0.1) is 6.92 Å². The molecule has 0 spiro atoms. The number of aromatic nitrogens is 1. The van der Waals surface area contributed by atoms with Gasteiger partial charge in [0.15, 0.2) is 0 Å². The maximum absolute atomic E-state index is 12.1. The SMILES string of the molecule is Cc1ccncc1CNC(=O)C(C)N1CCNCC1. The summed E-state index contributed by atoms with van der Waals surface area (Å²) in [5.74, 6) is 0.0881. The molecule has 1 aromatic heterocycles. The van der Waals surface area contributed by atoms with Crippen LogP contribution in [0.25, 0.3) is 0 Å². The van der Waals surface area contributed by atoms with Crippen LogP contribution >= 0.6 is 0 Å². The van der Waals surface area contributed by atoms with Crippen molar-refractivity contribution in [3.63, 3.8) is 0 Å². The van der Waals surface area contributed by atoms with E-state index >= 15 is 0 Å². The first-order valence-electron chi connectivity index (χ1n) is 6.80. The third-order valence-electron chi connectivity index (χ3n) is 3.68. The van der Waals surface area contributed by atoms with Crippen molar-refractivity contribution in [2.45, 2.75) is 26.4 Å². The van der Waals surface area contributed by atoms with Crippen LogP contribution in [0.15, 0.2) is 18.5 Å². The number of amides is 1. The van der Waals surface area contributed by atoms with E-state index in [1.54, 1.807) is 6.20 Å². The fourth-order valence-electron chi connectivity index (χ4n) is 2.25. The molecule has 5 heteroatoms. The third kappa shape index (κ3) is 3.75. The Bertz CT molecular complexity index is 429. The van der Waals surface area contributed by atoms with Crippen LogP contribution in [0.5, 0.6) is 0 Å². The molecule has 0 aliphatic carbocycles. The number of nitrogens with zero attached hydrogens (tertiary/aromatic N) is 2. The number of rotatable bonds is 4. The molecular weight excluding hydrogens is 240 g/mol. The summed E-state index contributed by atoms with van der Waals surface area (Å²) < 4.78 is 0. The van der Waals surface area contributed by atoms with Crippen molar-refractivity contribution in [3.8, 4) is 0 Å². The molecule has 2 rings (SSSR count). The monoisotopic (exact) mass is 262 g/mol. The van der Waals surface area contributed by atoms with Gasteiger partial charge in [0.1, 0.15) is 0 Å². The van der Waals surface area contributed by atoms with E-state index in [2.05, 4.69) is 20.5 Å². The lowest BCUT2D eigenvalue weighted by Gasteiger charge is -2.31. The lowest BCUT2D eigenvalue weighted by molar-refractivity contribution is -0.126. The quantitative estimate of drug-likeness (QED) is 0.819. The summed E-state index contributed by atoms with van der Waals surface area (Å²) >= 11 is 0. The van der Waals surface area contributed by atoms with Crippen molar-refractivity contribution in [2.24, 2.45) is 0 Å². The average molecular weight is 262 g/mol. The molecular formula is C14H22N4O. The summed E-state index contributed by atoms with van der Waals surface area (Å²) in [5, 5.41) is 6.29. The Kier molecular flexibility index (Phi) is 4.87. The van der Waals surface area contributed by atoms with Crippen LogP contribution in [0.4, 0.5) is 0 Å². The number of piperazine rings is 1. The lowest BCUT2D eigenvalue weighted by atomic mass is 10.1. The highest BCUT2D eigenvalue weighted by Gasteiger charge is 2.22. The highest BCUT2D eigenvalue weighted by atomic mass is 16.2. The Morgan fingerprint density at radius 1 is 1.53 bits per heavy atom. The second-order valence-electron chi connectivity index (χ2n) is 4.98. The van der Waals surface area contributed by atoms with Gasteiger partial charge in [-0.15, -0.1) is 0 Å². The highest BCUT2D eigenvalue weighted by Crippen LogP contribution is 2.05. The predicted octanol–water partition coefficient (Wildman–Crippen LogP) is 0.300. The van der Waals surface area contributed by atoms with Crippen molar-refractivity contribution >= 4 is 5.91 Å². The van der Waals surface area contributed by atoms with E-state index < -0.39 is 0 Å². The van der Waals surface area contributed by atoms with Crippen LogP contribution in [0.3, 0.4) is 0 Å². The zero-order valence-corrected chi connectivity index (χ0v) is 11.6. The van der Waals surface area contributed by atoms with Gasteiger partial charge < -0.3 is 10.6 Å². The van der Waals surface area contributed by atoms with Crippen LogP contribution in [-0.4, -0.2) is 48.0 Å². The van der Waals surface area contributed by atoms with Crippen molar-refractivity contribution in [1.82, 2.24) is 20.5 Å². The summed E-state index contributed by atoms with van der Waals surface area (Å²) in [5.41, 5.74) is 2.23. The molecule has 1 atom stereocenters. The zero-order chi connectivity index (χ0) is 13.7. The Balaban J connectivity index is 1.85. The van der Waals surface area contributed by atoms with Gasteiger partial charge in [0.25, 0.3) is 0 Å². The molecule has 0 bridgehead atoms. The van der Waals surface area contributed by atoms with Crippen molar-refractivity contribution in [2.75, 3.05) is 26.2 Å². The topological polar surface area (TPSA) is 57.3 Å². The van der Waals surface area contributed by atoms with Crippen LogP contribution in [0.1, 0.15) is 18.1 Å². The van der Waals surface area contributed by atoms with Crippen molar-refractivity contribution < 1.29 is 4.79 Å². The number of pyridine rings is 1. The van der Waals surface area contributed by atoms with Gasteiger partial charge >= 0.3 is 0 Å². The van der Waals surface area contributed by atoms with Crippen LogP contribution in [-0.2, 0) is 11.3 Å². The summed E-state index contributed by atoms with van der Waals surface area (Å²) in [4.78, 5) is 18.4. The smallest absolute Gasteiger partial charge is 0.237 e. The summed E-state index contributed by atoms with van der Waals surface area (Å²) in [7, 11) is 0. The lowest BCUT2D eigenvalue weighted by Crippen LogP contribution is -2.52. The molecule has 1 aliphatic rings. The minimum absolute atomic E-state index is 0.0703. The fourth-order valence-corrected chi connectivity index (χ4v) is 2.25. The van der Waals surface area contributed by atoms with Gasteiger partial charge in [-0.2, -0.15) is 0 Å². The molecule has 104 valence electrons. The van der Waals surface area contributed by atoms with E-state index in [9.17, 15) is 4.79 Å². The van der Waals surface area contributed by atoms with Crippen LogP contribution < -0.4 is 10.6 Å². The van der Waals surface area contributed by atoms with Gasteiger partial charge in [0, 0.05) is 45.1 Å². The molecule has 0 saturated carbocycles. The molecule has 2 N–H and O–H groups in total. The summed E-state index contributed by atoms with van der Waals surface area (Å²) in [6, 6.07) is 1.89. The minimum atomic E-state index is -0.0703. The average Bonchev–Trinajstić information content (AvgIpc) is 2.46. The Hall–Kier alpha value is -1.46. The molecule has 1 fully saturated rings. The maximum Gasteiger partial charge on any atom is 0.237 e. The molecule has 1 unspecified atom stereocenters. The third-order valence-corrected chi connectivity index (χ3v) is 3.68. The number of nitrogens with one attached hydrogen (secondary N) is 2. The molecule has 1 aromatic rings. The molecule has 19 heavy (non-hydrogen) atoms. The second-order valence-corrected chi connectivity index (χ2v) is 4.98. The van der Waals surface area contributed by atoms with Gasteiger partial charge in [-0.3, -0.25) is 14.7 Å². The molecule has 1 aliphatic heterocycles. The highest BCUT2D eigenvalue weighted by molar-refractivity contribution is 5.81. The Morgan fingerprint density at radius 3 is 2.95 bits per heavy atom. The van der Waals surface area contributed by atoms with E-state index in [4.69, 9.17) is 0 Å². The largest absolute Gasteiger partial charge is 0.351 e. The number of hydrogen-bond donors (Lipinski definition) is 2. The summed E-state index contributed by atoms with van der Waals surface area (Å²) in [6.07, 6.45) is 3.58. The molecule has 1 saturated heterocycles. The number of hydrogen-bond acceptors (Lipinski definition) is 4. The fraction of sp³-hybridized carbons (Fsp3) is 0.571. The number of aryl methyl sites for hydroxylation is 1. The van der Waals surface area contributed by atoms with Gasteiger partial charge in [0.2, 0.25) is 5.91 Å². The first-order chi connectivity index (χ1) is 9.18. The van der Waals surface area contributed by atoms with Crippen LogP contribution in [0.2, 0.25) is 0 Å². The first kappa shape index (κ1) is 14.0. The van der Waals surface area contributed by atoms with Gasteiger partial charge in [0.05, 0.1) is 6.04 Å². The van der Waals surface area contributed by atoms with E-state index in [1.165, 1.54) is 0 Å². The van der Waals surface area contributed by atoms with E-state index in [0.717, 1.165) is 37.3 Å². The molecule has 1 amide bonds. The molecule has 0 aromatic carbocycles. The van der Waals surface area contributed by atoms with E-state index in [-0.39, 0.29) is 11.9 Å². The Morgan fingerprint density at radius 2 is 2.26 bits per heavy atom. The Labute approximate surface area is 114 Å². The number of carbonyl (C=O) groups excluding carboxylic acids is 1. The van der Waals surface area contributed by atoms with Gasteiger partial charge in [-0.05, 0) is 31.0 Å². The normalized spacial score (nSPS) is 18.0. The summed E-state index contributed by atoms with van der Waals surface area (Å²) in [6.45, 7) is 8.33. The van der Waals surface area contributed by atoms with E-state index in [0.29, 0.717) is 6.54 Å². The predicted molar refractivity (Wildman–Crippen MR) is 74.7 cm³/mol. The number of carbonyl (C=O) groups is 1. The van der Waals surface area contributed by atoms with Gasteiger partial charge in [-0.1, -0.05) is 0 Å². The second kappa shape index (κ2) is 6.63. The maximum atomic E-state index is 12.1. The molecule has 2 heterocycles. The first-order valence-corrected chi connectivity index (χ1v) is 6.80. The van der Waals surface area contributed by atoms with E-state index in [1.807, 2.05) is 26.1 Å². The standard InChI is InChI=1S/C14H22N4O/c1-11-3-4-16-9-13(11)10-17-14(19)12(2)18-7-5-15-6-8-18/h3-4,9,12,15H,5-8,10H2,1-2H3,(H,17,19). The van der Waals surface area contributed by atoms with Crippen molar-refractivity contribution in [3.05, 3.63) is 29.6 Å². The molecule has 0 radical (unpaired) electrons. The van der Waals surface area contributed by atoms with Gasteiger partial charge in [-0.25, -0.2) is 0 Å².